The summed E-state index contributed by atoms with van der Waals surface area (Å²) in [6.07, 6.45) is 1.75. The van der Waals surface area contributed by atoms with E-state index in [9.17, 15) is 4.79 Å². The molecule has 1 amide bonds. The van der Waals surface area contributed by atoms with Crippen LogP contribution in [0.2, 0.25) is 0 Å². The molecule has 2 aromatic heterocycles. The molecule has 132 valence electrons. The van der Waals surface area contributed by atoms with Crippen LogP contribution in [0.15, 0.2) is 11.4 Å². The first-order chi connectivity index (χ1) is 11.5. The topological polar surface area (TPSA) is 94.0 Å². The van der Waals surface area contributed by atoms with Crippen LogP contribution >= 0.6 is 11.8 Å². The van der Waals surface area contributed by atoms with Gasteiger partial charge in [-0.25, -0.2) is 14.6 Å². The van der Waals surface area contributed by atoms with Crippen LogP contribution in [0.4, 0.5) is 5.82 Å². The number of nitrogens with one attached hydrogen (secondary N) is 2. The van der Waals surface area contributed by atoms with Crippen molar-refractivity contribution in [3.05, 3.63) is 6.20 Å². The van der Waals surface area contributed by atoms with Crippen molar-refractivity contribution in [3.63, 3.8) is 0 Å². The van der Waals surface area contributed by atoms with Gasteiger partial charge in [-0.1, -0.05) is 25.6 Å². The summed E-state index contributed by atoms with van der Waals surface area (Å²) in [6, 6.07) is 0. The van der Waals surface area contributed by atoms with Crippen LogP contribution in [0, 0.1) is 0 Å². The van der Waals surface area contributed by atoms with Gasteiger partial charge >= 0.3 is 0 Å². The molecule has 8 nitrogen and oxygen atoms in total. The molecule has 9 heteroatoms. The molecule has 0 aliphatic carbocycles. The third-order valence-corrected chi connectivity index (χ3v) is 3.98. The number of hydrogen-bond donors (Lipinski definition) is 2. The highest BCUT2D eigenvalue weighted by Crippen LogP contribution is 2.26. The molecule has 0 unspecified atom stereocenters. The number of amides is 1. The third kappa shape index (κ3) is 5.07. The molecule has 2 rings (SSSR count). The molecule has 24 heavy (non-hydrogen) atoms. The second-order valence-corrected chi connectivity index (χ2v) is 7.07. The standard InChI is InChI=1S/C15H24N6O2S/c1-10(2)24-15-19-13(17-6-8-23-4)12-9-18-21(14(12)20-15)7-5-16-11(3)22/h9-10H,5-8H2,1-4H3,(H,16,22)(H,17,19,20). The minimum atomic E-state index is -0.0564. The Morgan fingerprint density at radius 2 is 2.17 bits per heavy atom. The van der Waals surface area contributed by atoms with E-state index in [-0.39, 0.29) is 5.91 Å². The van der Waals surface area contributed by atoms with Crippen LogP contribution in [0.1, 0.15) is 20.8 Å². The van der Waals surface area contributed by atoms with E-state index in [2.05, 4.69) is 39.5 Å². The zero-order valence-corrected chi connectivity index (χ0v) is 15.3. The van der Waals surface area contributed by atoms with E-state index >= 15 is 0 Å². The maximum atomic E-state index is 11.0. The van der Waals surface area contributed by atoms with Crippen molar-refractivity contribution in [1.82, 2.24) is 25.1 Å². The number of fused-ring (bicyclic) bond motifs is 1. The molecule has 2 aromatic rings. The summed E-state index contributed by atoms with van der Waals surface area (Å²) in [7, 11) is 1.66. The Hall–Kier alpha value is -1.87. The van der Waals surface area contributed by atoms with Crippen LogP contribution in [0.5, 0.6) is 0 Å². The molecule has 2 heterocycles. The number of methoxy groups -OCH3 is 1. The Morgan fingerprint density at radius 1 is 1.38 bits per heavy atom. The van der Waals surface area contributed by atoms with Crippen molar-refractivity contribution in [2.75, 3.05) is 32.1 Å². The van der Waals surface area contributed by atoms with E-state index in [4.69, 9.17) is 4.74 Å². The molecule has 0 fully saturated rings. The predicted molar refractivity (Wildman–Crippen MR) is 95.4 cm³/mol. The van der Waals surface area contributed by atoms with Crippen LogP contribution in [-0.2, 0) is 16.1 Å². The van der Waals surface area contributed by atoms with E-state index in [1.165, 1.54) is 6.92 Å². The summed E-state index contributed by atoms with van der Waals surface area (Å²) >= 11 is 1.60. The minimum absolute atomic E-state index is 0.0564. The zero-order chi connectivity index (χ0) is 17.5. The number of carbonyl (C=O) groups excluding carboxylic acids is 1. The average molecular weight is 352 g/mol. The van der Waals surface area contributed by atoms with Crippen LogP contribution < -0.4 is 10.6 Å². The smallest absolute Gasteiger partial charge is 0.216 e. The average Bonchev–Trinajstić information content (AvgIpc) is 2.90. The van der Waals surface area contributed by atoms with Crippen LogP contribution in [0.3, 0.4) is 0 Å². The number of thioether (sulfide) groups is 1. The molecule has 0 saturated heterocycles. The maximum Gasteiger partial charge on any atom is 0.216 e. The van der Waals surface area contributed by atoms with Crippen LogP contribution in [0.25, 0.3) is 11.0 Å². The lowest BCUT2D eigenvalue weighted by molar-refractivity contribution is -0.118. The fraction of sp³-hybridized carbons (Fsp3) is 0.600. The van der Waals surface area contributed by atoms with Gasteiger partial charge < -0.3 is 15.4 Å². The number of hydrogen-bond acceptors (Lipinski definition) is 7. The first-order valence-corrected chi connectivity index (χ1v) is 8.76. The van der Waals surface area contributed by atoms with Crippen LogP contribution in [-0.4, -0.2) is 57.7 Å². The summed E-state index contributed by atoms with van der Waals surface area (Å²) in [5.41, 5.74) is 0.762. The molecule has 0 atom stereocenters. The molecule has 0 aromatic carbocycles. The summed E-state index contributed by atoms with van der Waals surface area (Å²) in [5, 5.41) is 12.4. The second-order valence-electron chi connectivity index (χ2n) is 5.53. The van der Waals surface area contributed by atoms with E-state index in [0.717, 1.165) is 16.9 Å². The molecule has 0 aliphatic heterocycles. The highest BCUT2D eigenvalue weighted by atomic mass is 32.2. The fourth-order valence-electron chi connectivity index (χ4n) is 2.11. The quantitative estimate of drug-likeness (QED) is 0.401. The lowest BCUT2D eigenvalue weighted by Gasteiger charge is -2.10. The van der Waals surface area contributed by atoms with Gasteiger partial charge in [0, 0.05) is 32.4 Å². The Kier molecular flexibility index (Phi) is 6.80. The number of rotatable bonds is 9. The molecule has 0 saturated carbocycles. The van der Waals surface area contributed by atoms with E-state index in [1.54, 1.807) is 29.8 Å². The van der Waals surface area contributed by atoms with Gasteiger partial charge in [0.15, 0.2) is 10.8 Å². The van der Waals surface area contributed by atoms with E-state index in [0.29, 0.717) is 36.6 Å². The SMILES string of the molecule is COCCNc1nc(SC(C)C)nc2c1cnn2CCNC(C)=O. The van der Waals surface area contributed by atoms with Gasteiger partial charge in [-0.3, -0.25) is 4.79 Å². The van der Waals surface area contributed by atoms with Gasteiger partial charge in [0.1, 0.15) is 5.82 Å². The molecule has 2 N–H and O–H groups in total. The van der Waals surface area contributed by atoms with Crippen molar-refractivity contribution in [3.8, 4) is 0 Å². The van der Waals surface area contributed by atoms with Crippen molar-refractivity contribution in [2.24, 2.45) is 0 Å². The lowest BCUT2D eigenvalue weighted by Crippen LogP contribution is -2.24. The molecule has 0 bridgehead atoms. The molecule has 0 spiro atoms. The van der Waals surface area contributed by atoms with Gasteiger partial charge in [-0.05, 0) is 0 Å². The summed E-state index contributed by atoms with van der Waals surface area (Å²) in [5.74, 6) is 0.699. The van der Waals surface area contributed by atoms with Crippen molar-refractivity contribution in [2.45, 2.75) is 37.7 Å². The maximum absolute atomic E-state index is 11.0. The molecular weight excluding hydrogens is 328 g/mol. The number of ether oxygens (including phenoxy) is 1. The van der Waals surface area contributed by atoms with E-state index in [1.807, 2.05) is 0 Å². The van der Waals surface area contributed by atoms with Crippen molar-refractivity contribution >= 4 is 34.5 Å². The Labute approximate surface area is 145 Å². The van der Waals surface area contributed by atoms with Crippen molar-refractivity contribution in [1.29, 1.82) is 0 Å². The summed E-state index contributed by atoms with van der Waals surface area (Å²) in [4.78, 5) is 20.2. The second kappa shape index (κ2) is 8.84. The first kappa shape index (κ1) is 18.5. The number of carbonyl (C=O) groups is 1. The normalized spacial score (nSPS) is 11.2. The van der Waals surface area contributed by atoms with Gasteiger partial charge in [0.05, 0.1) is 24.7 Å². The number of aromatic nitrogens is 4. The Bertz CT molecular complexity index is 688. The fourth-order valence-corrected chi connectivity index (χ4v) is 2.81. The first-order valence-electron chi connectivity index (χ1n) is 7.88. The predicted octanol–water partition coefficient (Wildman–Crippen LogP) is 1.52. The van der Waals surface area contributed by atoms with Gasteiger partial charge in [-0.2, -0.15) is 5.10 Å². The number of nitrogens with zero attached hydrogens (tertiary/aromatic N) is 4. The summed E-state index contributed by atoms with van der Waals surface area (Å²) in [6.45, 7) is 8.02. The zero-order valence-electron chi connectivity index (χ0n) is 14.5. The Balaban J connectivity index is 2.28. The number of anilines is 1. The van der Waals surface area contributed by atoms with Gasteiger partial charge in [-0.15, -0.1) is 0 Å². The Morgan fingerprint density at radius 3 is 2.83 bits per heavy atom. The lowest BCUT2D eigenvalue weighted by atomic mass is 10.4. The van der Waals surface area contributed by atoms with Gasteiger partial charge in [0.2, 0.25) is 5.91 Å². The van der Waals surface area contributed by atoms with Crippen molar-refractivity contribution < 1.29 is 9.53 Å². The van der Waals surface area contributed by atoms with E-state index < -0.39 is 0 Å². The summed E-state index contributed by atoms with van der Waals surface area (Å²) < 4.78 is 6.87. The monoisotopic (exact) mass is 352 g/mol. The highest BCUT2D eigenvalue weighted by Gasteiger charge is 2.14. The van der Waals surface area contributed by atoms with Gasteiger partial charge in [0.25, 0.3) is 0 Å². The molecule has 0 aliphatic rings. The highest BCUT2D eigenvalue weighted by molar-refractivity contribution is 7.99. The third-order valence-electron chi connectivity index (χ3n) is 3.11. The molecule has 0 radical (unpaired) electrons. The largest absolute Gasteiger partial charge is 0.383 e. The molecular formula is C15H24N6O2S. The minimum Gasteiger partial charge on any atom is -0.383 e.